The van der Waals surface area contributed by atoms with Crippen LogP contribution in [0.3, 0.4) is 0 Å². The number of nitrogens with zero attached hydrogens (tertiary/aromatic N) is 1. The summed E-state index contributed by atoms with van der Waals surface area (Å²) in [6.45, 7) is 3.30. The molecule has 0 radical (unpaired) electrons. The van der Waals surface area contributed by atoms with Gasteiger partial charge in [-0.15, -0.1) is 0 Å². The monoisotopic (exact) mass is 119 g/mol. The average Bonchev–Trinajstić information content (AvgIpc) is 1.64. The smallest absolute Gasteiger partial charge is 0.252 e. The summed E-state index contributed by atoms with van der Waals surface area (Å²) in [5.74, 6) is -0.727. The third kappa shape index (κ3) is 1.91. The first-order valence-electron chi connectivity index (χ1n) is 2.49. The lowest BCUT2D eigenvalue weighted by atomic mass is 10.2. The van der Waals surface area contributed by atoms with E-state index >= 15 is 0 Å². The van der Waals surface area contributed by atoms with Gasteiger partial charge in [0.25, 0.3) is 5.91 Å². The summed E-state index contributed by atoms with van der Waals surface area (Å²) in [5.41, 5.74) is 0. The molecule has 0 aromatic rings. The molecule has 0 unspecified atom stereocenters. The molecule has 0 N–H and O–H groups in total. The Morgan fingerprint density at radius 3 is 2.00 bits per heavy atom. The summed E-state index contributed by atoms with van der Waals surface area (Å²) in [4.78, 5) is 10.4. The first-order valence-corrected chi connectivity index (χ1v) is 2.49. The molecule has 0 fully saturated rings. The van der Waals surface area contributed by atoms with Gasteiger partial charge in [0.1, 0.15) is 0 Å². The molecule has 0 rings (SSSR count). The van der Waals surface area contributed by atoms with Crippen LogP contribution in [0.15, 0.2) is 0 Å². The van der Waals surface area contributed by atoms with Crippen LogP contribution in [0.25, 0.3) is 0 Å². The van der Waals surface area contributed by atoms with Crippen LogP contribution in [-0.4, -0.2) is 18.1 Å². The van der Waals surface area contributed by atoms with E-state index in [1.807, 2.05) is 0 Å². The highest BCUT2D eigenvalue weighted by Gasteiger charge is 2.10. The van der Waals surface area contributed by atoms with E-state index in [1.54, 1.807) is 13.8 Å². The van der Waals surface area contributed by atoms with Crippen LogP contribution < -0.4 is 0 Å². The predicted molar refractivity (Wildman–Crippen MR) is 28.7 cm³/mol. The Morgan fingerprint density at radius 2 is 2.00 bits per heavy atom. The van der Waals surface area contributed by atoms with Gasteiger partial charge >= 0.3 is 0 Å². The van der Waals surface area contributed by atoms with E-state index in [2.05, 4.69) is 0 Å². The van der Waals surface area contributed by atoms with Crippen molar-refractivity contribution in [3.8, 4) is 0 Å². The topological polar surface area (TPSA) is 20.3 Å². The predicted octanol–water partition coefficient (Wildman–Crippen LogP) is 0.985. The molecule has 0 atom stereocenters. The van der Waals surface area contributed by atoms with Crippen molar-refractivity contribution in [3.05, 3.63) is 0 Å². The maximum Gasteiger partial charge on any atom is 0.252 e. The molecule has 0 aliphatic heterocycles. The summed E-state index contributed by atoms with van der Waals surface area (Å²) >= 11 is 0. The van der Waals surface area contributed by atoms with Crippen LogP contribution in [0.1, 0.15) is 13.8 Å². The van der Waals surface area contributed by atoms with E-state index in [-0.39, 0.29) is 11.0 Å². The minimum Gasteiger partial charge on any atom is -0.272 e. The molecular formula is C5H10FNO. The van der Waals surface area contributed by atoms with Crippen molar-refractivity contribution in [1.29, 1.82) is 0 Å². The molecule has 0 saturated heterocycles. The van der Waals surface area contributed by atoms with Gasteiger partial charge < -0.3 is 0 Å². The molecule has 0 spiro atoms. The van der Waals surface area contributed by atoms with E-state index < -0.39 is 5.91 Å². The molecule has 2 nitrogen and oxygen atoms in total. The van der Waals surface area contributed by atoms with E-state index in [1.165, 1.54) is 0 Å². The number of carbonyl (C=O) groups is 1. The normalized spacial score (nSPS) is 9.62. The van der Waals surface area contributed by atoms with E-state index in [0.29, 0.717) is 0 Å². The van der Waals surface area contributed by atoms with E-state index in [4.69, 9.17) is 0 Å². The van der Waals surface area contributed by atoms with Gasteiger partial charge in [-0.05, 0) is 0 Å². The molecule has 8 heavy (non-hydrogen) atoms. The zero-order valence-electron chi connectivity index (χ0n) is 5.31. The number of amides is 1. The van der Waals surface area contributed by atoms with Crippen molar-refractivity contribution in [2.24, 2.45) is 5.92 Å². The minimum atomic E-state index is -0.481. The lowest BCUT2D eigenvalue weighted by Crippen LogP contribution is -2.22. The molecule has 0 saturated carbocycles. The maximum atomic E-state index is 11.8. The van der Waals surface area contributed by atoms with Crippen LogP contribution in [-0.2, 0) is 4.79 Å². The zero-order chi connectivity index (χ0) is 6.73. The fourth-order valence-electron chi connectivity index (χ4n) is 0.356. The highest BCUT2D eigenvalue weighted by molar-refractivity contribution is 5.76. The number of rotatable bonds is 1. The second kappa shape index (κ2) is 2.64. The number of carbonyl (C=O) groups excluding carboxylic acids is 1. The van der Waals surface area contributed by atoms with Crippen molar-refractivity contribution in [2.45, 2.75) is 13.8 Å². The van der Waals surface area contributed by atoms with Crippen LogP contribution in [0, 0.1) is 5.92 Å². The fourth-order valence-corrected chi connectivity index (χ4v) is 0.356. The van der Waals surface area contributed by atoms with Gasteiger partial charge in [0.15, 0.2) is 0 Å². The summed E-state index contributed by atoms with van der Waals surface area (Å²) in [6, 6.07) is 0. The van der Waals surface area contributed by atoms with Crippen LogP contribution >= 0.6 is 0 Å². The minimum absolute atomic E-state index is 0.102. The fraction of sp³-hybridized carbons (Fsp3) is 0.800. The maximum absolute atomic E-state index is 11.8. The van der Waals surface area contributed by atoms with Gasteiger partial charge in [-0.25, -0.2) is 0 Å². The quantitative estimate of drug-likeness (QED) is 0.471. The van der Waals surface area contributed by atoms with Crippen molar-refractivity contribution in [3.63, 3.8) is 0 Å². The number of halogens is 1. The Kier molecular flexibility index (Phi) is 2.45. The van der Waals surface area contributed by atoms with Gasteiger partial charge in [-0.1, -0.05) is 18.3 Å². The van der Waals surface area contributed by atoms with Gasteiger partial charge in [0.05, 0.1) is 0 Å². The molecule has 0 aliphatic carbocycles. The average molecular weight is 119 g/mol. The van der Waals surface area contributed by atoms with Crippen molar-refractivity contribution in [1.82, 2.24) is 5.12 Å². The Labute approximate surface area is 48.2 Å². The van der Waals surface area contributed by atoms with Gasteiger partial charge in [0.2, 0.25) is 0 Å². The Hall–Kier alpha value is -0.600. The Bertz CT molecular complexity index is 80.4. The first-order chi connectivity index (χ1) is 3.55. The second-order valence-electron chi connectivity index (χ2n) is 1.97. The lowest BCUT2D eigenvalue weighted by molar-refractivity contribution is -0.146. The molecular weight excluding hydrogens is 109 g/mol. The van der Waals surface area contributed by atoms with Crippen molar-refractivity contribution in [2.75, 3.05) is 7.05 Å². The van der Waals surface area contributed by atoms with Crippen LogP contribution in [0.5, 0.6) is 0 Å². The molecule has 0 aliphatic rings. The summed E-state index contributed by atoms with van der Waals surface area (Å²) in [7, 11) is 1.10. The van der Waals surface area contributed by atoms with E-state index in [9.17, 15) is 9.28 Å². The molecule has 1 amide bonds. The molecule has 0 aromatic carbocycles. The van der Waals surface area contributed by atoms with Crippen LogP contribution in [0.4, 0.5) is 4.48 Å². The molecule has 3 heteroatoms. The second-order valence-corrected chi connectivity index (χ2v) is 1.97. The summed E-state index contributed by atoms with van der Waals surface area (Å²) < 4.78 is 11.8. The summed E-state index contributed by atoms with van der Waals surface area (Å²) in [6.07, 6.45) is 0. The summed E-state index contributed by atoms with van der Waals surface area (Å²) in [5, 5.41) is 0.102. The van der Waals surface area contributed by atoms with Gasteiger partial charge in [-0.3, -0.25) is 4.79 Å². The number of hydrogen-bond donors (Lipinski definition) is 0. The Balaban J connectivity index is 3.65. The van der Waals surface area contributed by atoms with Crippen molar-refractivity contribution < 1.29 is 9.28 Å². The first kappa shape index (κ1) is 7.40. The third-order valence-electron chi connectivity index (χ3n) is 0.798. The van der Waals surface area contributed by atoms with Gasteiger partial charge in [0, 0.05) is 13.0 Å². The molecule has 0 bridgehead atoms. The standard InChI is InChI=1S/C5H10FNO/c1-4(2)5(8)7(3)6/h4H,1-3H3. The SMILES string of the molecule is CC(C)C(=O)N(C)F. The van der Waals surface area contributed by atoms with Gasteiger partial charge in [-0.2, -0.15) is 5.12 Å². The van der Waals surface area contributed by atoms with Crippen molar-refractivity contribution >= 4 is 5.91 Å². The molecule has 0 aromatic heterocycles. The highest BCUT2D eigenvalue weighted by Crippen LogP contribution is 1.97. The molecule has 0 heterocycles. The largest absolute Gasteiger partial charge is 0.272 e. The molecule has 48 valence electrons. The third-order valence-corrected chi connectivity index (χ3v) is 0.798. The lowest BCUT2D eigenvalue weighted by Gasteiger charge is -2.06. The Morgan fingerprint density at radius 1 is 1.62 bits per heavy atom. The van der Waals surface area contributed by atoms with E-state index in [0.717, 1.165) is 7.05 Å². The van der Waals surface area contributed by atoms with Crippen LogP contribution in [0.2, 0.25) is 0 Å². The zero-order valence-corrected chi connectivity index (χ0v) is 5.31. The highest BCUT2D eigenvalue weighted by atomic mass is 19.2. The number of hydrogen-bond acceptors (Lipinski definition) is 1.